The molecule has 0 aliphatic rings. The van der Waals surface area contributed by atoms with Gasteiger partial charge >= 0.3 is 12.4 Å². The minimum atomic E-state index is -4.57. The zero-order chi connectivity index (χ0) is 27.4. The van der Waals surface area contributed by atoms with Gasteiger partial charge in [0, 0.05) is 43.0 Å². The van der Waals surface area contributed by atoms with E-state index in [0.29, 0.717) is 5.56 Å². The maximum Gasteiger partial charge on any atom is 0.433 e. The van der Waals surface area contributed by atoms with Gasteiger partial charge in [0.25, 0.3) is 0 Å². The largest absolute Gasteiger partial charge is 0.433 e. The van der Waals surface area contributed by atoms with Crippen LogP contribution in [0.1, 0.15) is 54.3 Å². The number of nitrogens with one attached hydrogen (secondary N) is 1. The maximum atomic E-state index is 12.3. The van der Waals surface area contributed by atoms with E-state index in [1.807, 2.05) is 0 Å². The lowest BCUT2D eigenvalue weighted by atomic mass is 10.2. The van der Waals surface area contributed by atoms with Crippen molar-refractivity contribution in [1.82, 2.24) is 9.97 Å². The van der Waals surface area contributed by atoms with Gasteiger partial charge < -0.3 is 0 Å². The van der Waals surface area contributed by atoms with Crippen LogP contribution in [0.15, 0.2) is 41.1 Å². The van der Waals surface area contributed by atoms with Crippen molar-refractivity contribution in [2.75, 3.05) is 12.5 Å². The van der Waals surface area contributed by atoms with Gasteiger partial charge in [-0.15, -0.1) is 0 Å². The van der Waals surface area contributed by atoms with E-state index in [-0.39, 0.29) is 21.4 Å². The van der Waals surface area contributed by atoms with Crippen LogP contribution in [-0.2, 0) is 31.8 Å². The summed E-state index contributed by atoms with van der Waals surface area (Å²) in [6, 6.07) is 3.85. The van der Waals surface area contributed by atoms with Gasteiger partial charge in [0.15, 0.2) is 5.03 Å². The van der Waals surface area contributed by atoms with Crippen molar-refractivity contribution in [3.05, 3.63) is 69.3 Å². The van der Waals surface area contributed by atoms with Crippen molar-refractivity contribution in [3.63, 3.8) is 0 Å². The Labute approximate surface area is 213 Å². The maximum absolute atomic E-state index is 12.3. The lowest BCUT2D eigenvalue weighted by Crippen LogP contribution is -2.12. The molecule has 4 unspecified atom stereocenters. The first-order chi connectivity index (χ1) is 15.7. The van der Waals surface area contributed by atoms with Crippen molar-refractivity contribution >= 4 is 27.9 Å². The molecule has 207 valence electrons. The third-order valence-corrected chi connectivity index (χ3v) is 8.32. The molecule has 9 nitrogen and oxygen atoms in total. The van der Waals surface area contributed by atoms with E-state index in [9.17, 15) is 44.9 Å². The molecule has 37 heavy (non-hydrogen) atoms. The fraction of sp³-hybridized carbons (Fsp3) is 0.474. The van der Waals surface area contributed by atoms with E-state index in [0.717, 1.165) is 36.8 Å². The average Bonchev–Trinajstić information content (AvgIpc) is 2.70. The Balaban J connectivity index is 0. The molecule has 2 aromatic heterocycles. The van der Waals surface area contributed by atoms with Crippen LogP contribution in [0.2, 0.25) is 0 Å². The van der Waals surface area contributed by atoms with Crippen LogP contribution in [0, 0.1) is 14.9 Å². The summed E-state index contributed by atoms with van der Waals surface area (Å²) in [5.74, 6) is 0. The number of hydrogen-bond donors (Lipinski definition) is 1. The summed E-state index contributed by atoms with van der Waals surface area (Å²) in [7, 11) is -6.03. The van der Waals surface area contributed by atoms with Crippen molar-refractivity contribution in [2.45, 2.75) is 44.1 Å². The van der Waals surface area contributed by atoms with Crippen LogP contribution in [0.4, 0.5) is 26.3 Å². The standard InChI is InChI=1S/C9H10F3N3O3S.C9H11F3N2OS.CH4.B/c1-6(19(2,18)14-15(16)17)7-3-4-8(13-5-7)9(10,11)12;1-6(16(2,13)15)7-3-4-8(14-5-7)9(10,11)12;;/h3-6H,1-2H3;3-6,13H,1-2H3;1H4;. The first-order valence-electron chi connectivity index (χ1n) is 9.30. The second kappa shape index (κ2) is 13.2. The van der Waals surface area contributed by atoms with Gasteiger partial charge in [-0.05, 0) is 37.1 Å². The van der Waals surface area contributed by atoms with Crippen LogP contribution < -0.4 is 0 Å². The number of alkyl halides is 6. The van der Waals surface area contributed by atoms with Crippen molar-refractivity contribution in [2.24, 2.45) is 4.47 Å². The van der Waals surface area contributed by atoms with Gasteiger partial charge in [-0.2, -0.15) is 26.3 Å². The molecule has 0 amide bonds. The van der Waals surface area contributed by atoms with E-state index < -0.39 is 58.7 Å². The Bertz CT molecular complexity index is 1260. The third kappa shape index (κ3) is 11.0. The van der Waals surface area contributed by atoms with Crippen LogP contribution in [0.25, 0.3) is 0 Å². The molecule has 2 heterocycles. The minimum Gasteiger partial charge on any atom is -0.253 e. The molecule has 3 radical (unpaired) electrons. The van der Waals surface area contributed by atoms with E-state index in [2.05, 4.69) is 14.4 Å². The molecule has 2 rings (SSSR count). The van der Waals surface area contributed by atoms with Crippen molar-refractivity contribution in [3.8, 4) is 0 Å². The third-order valence-electron chi connectivity index (χ3n) is 4.65. The van der Waals surface area contributed by atoms with Crippen LogP contribution in [0.3, 0.4) is 0 Å². The number of nitro groups is 1. The molecule has 0 aliphatic heterocycles. The Morgan fingerprint density at radius 2 is 1.24 bits per heavy atom. The first kappa shape index (κ1) is 36.4. The number of nitrogens with zero attached hydrogens (tertiary/aromatic N) is 4. The zero-order valence-corrected chi connectivity index (χ0v) is 20.8. The predicted molar refractivity (Wildman–Crippen MR) is 128 cm³/mol. The normalized spacial score (nSPS) is 16.2. The Morgan fingerprint density at radius 1 is 0.892 bits per heavy atom. The number of halogens is 6. The van der Waals surface area contributed by atoms with Crippen LogP contribution in [-0.4, -0.2) is 44.3 Å². The quantitative estimate of drug-likeness (QED) is 0.215. The van der Waals surface area contributed by atoms with E-state index in [1.54, 1.807) is 0 Å². The number of aromatic nitrogens is 2. The summed E-state index contributed by atoms with van der Waals surface area (Å²) in [6.45, 7) is 2.90. The first-order valence-corrected chi connectivity index (χ1v) is 13.3. The van der Waals surface area contributed by atoms with Crippen molar-refractivity contribution < 1.29 is 39.8 Å². The number of pyridine rings is 2. The Kier molecular flexibility index (Phi) is 12.9. The van der Waals surface area contributed by atoms with Crippen LogP contribution in [0.5, 0.6) is 0 Å². The SMILES string of the molecule is C.CC(c1ccc(C(F)(F)F)nc1)S(C)(=N)=O.CC(c1ccc(C(F)(F)F)nc1)S(C)(=O)=N[N+](=O)[O-].[B]. The molecule has 1 N–H and O–H groups in total. The van der Waals surface area contributed by atoms with Crippen LogP contribution >= 0.6 is 0 Å². The van der Waals surface area contributed by atoms with E-state index >= 15 is 0 Å². The molecular weight excluding hydrogens is 551 g/mol. The topological polar surface area (TPSA) is 139 Å². The zero-order valence-electron chi connectivity index (χ0n) is 19.2. The summed E-state index contributed by atoms with van der Waals surface area (Å²) in [6.07, 6.45) is -4.82. The fourth-order valence-corrected chi connectivity index (χ4v) is 4.05. The summed E-state index contributed by atoms with van der Waals surface area (Å²) in [5.41, 5.74) is -1.52. The van der Waals surface area contributed by atoms with Gasteiger partial charge in [0.1, 0.15) is 25.6 Å². The highest BCUT2D eigenvalue weighted by molar-refractivity contribution is 7.93. The van der Waals surface area contributed by atoms with Gasteiger partial charge in [0.2, 0.25) is 0 Å². The summed E-state index contributed by atoms with van der Waals surface area (Å²) < 4.78 is 107. The molecule has 0 aliphatic carbocycles. The fourth-order valence-electron chi connectivity index (χ4n) is 2.34. The Morgan fingerprint density at radius 3 is 1.49 bits per heavy atom. The van der Waals surface area contributed by atoms with Gasteiger partial charge in [-0.25, -0.2) is 18.5 Å². The molecule has 4 atom stereocenters. The molecule has 0 aromatic carbocycles. The minimum absolute atomic E-state index is 0. The van der Waals surface area contributed by atoms with Gasteiger partial charge in [0.05, 0.1) is 10.5 Å². The number of hydrogen-bond acceptors (Lipinski definition) is 7. The molecule has 0 saturated carbocycles. The summed E-state index contributed by atoms with van der Waals surface area (Å²) in [5, 5.41) is 7.61. The molecule has 0 bridgehead atoms. The van der Waals surface area contributed by atoms with Gasteiger partial charge in [-0.3, -0.25) is 14.7 Å². The summed E-state index contributed by atoms with van der Waals surface area (Å²) >= 11 is 0. The Hall–Kier alpha value is -2.76. The van der Waals surface area contributed by atoms with Crippen molar-refractivity contribution in [1.29, 1.82) is 4.78 Å². The smallest absolute Gasteiger partial charge is 0.253 e. The number of rotatable bonds is 5. The van der Waals surface area contributed by atoms with E-state index in [4.69, 9.17) is 4.78 Å². The molecule has 0 saturated heterocycles. The monoisotopic (exact) mass is 576 g/mol. The van der Waals surface area contributed by atoms with Gasteiger partial charge in [-0.1, -0.05) is 19.6 Å². The molecule has 0 fully saturated rings. The molecule has 18 heteroatoms. The molecular formula is C19H25BF6N5O4S2. The van der Waals surface area contributed by atoms with E-state index in [1.165, 1.54) is 26.2 Å². The highest BCUT2D eigenvalue weighted by atomic mass is 32.2. The highest BCUT2D eigenvalue weighted by Gasteiger charge is 2.33. The lowest BCUT2D eigenvalue weighted by Gasteiger charge is -2.12. The second-order valence-electron chi connectivity index (χ2n) is 7.32. The molecule has 0 spiro atoms. The second-order valence-corrected chi connectivity index (χ2v) is 12.4. The summed E-state index contributed by atoms with van der Waals surface area (Å²) in [4.78, 5) is 16.7. The lowest BCUT2D eigenvalue weighted by molar-refractivity contribution is -0.482. The highest BCUT2D eigenvalue weighted by Crippen LogP contribution is 2.30. The molecule has 2 aromatic rings. The average molecular weight is 576 g/mol. The predicted octanol–water partition coefficient (Wildman–Crippen LogP) is 5.54.